The number of aromatic nitrogens is 2. The molecule has 0 atom stereocenters. The minimum absolute atomic E-state index is 0.144. The van der Waals surface area contributed by atoms with Gasteiger partial charge in [-0.2, -0.15) is 5.10 Å². The second-order valence-electron chi connectivity index (χ2n) is 7.90. The molecular weight excluding hydrogens is 380 g/mol. The summed E-state index contributed by atoms with van der Waals surface area (Å²) >= 11 is 3.57. The molecule has 3 rings (SSSR count). The highest BCUT2D eigenvalue weighted by Gasteiger charge is 2.26. The number of nitrogens with zero attached hydrogens (tertiary/aromatic N) is 2. The first kappa shape index (κ1) is 18.6. The molecular formula is C20H27BrN2O2. The molecule has 25 heavy (non-hydrogen) atoms. The number of unbranched alkanes of at least 4 members (excludes halogenated alkanes) is 1. The van der Waals surface area contributed by atoms with E-state index in [0.29, 0.717) is 12.3 Å². The number of hydrogen-bond donors (Lipinski definition) is 1. The molecule has 0 bridgehead atoms. The van der Waals surface area contributed by atoms with E-state index in [1.165, 1.54) is 36.0 Å². The van der Waals surface area contributed by atoms with Crippen LogP contribution in [0.5, 0.6) is 0 Å². The fourth-order valence-electron chi connectivity index (χ4n) is 3.60. The summed E-state index contributed by atoms with van der Waals surface area (Å²) in [6, 6.07) is 4.18. The molecule has 0 spiro atoms. The number of pyridine rings is 1. The Hall–Kier alpha value is -1.20. The molecule has 0 aromatic carbocycles. The normalized spacial score (nSPS) is 15.5. The summed E-state index contributed by atoms with van der Waals surface area (Å²) in [5.74, 6) is 0.782. The maximum atomic E-state index is 11.9. The van der Waals surface area contributed by atoms with Gasteiger partial charge in [0.05, 0.1) is 16.8 Å². The summed E-state index contributed by atoms with van der Waals surface area (Å²) in [5, 5.41) is 14.5. The van der Waals surface area contributed by atoms with Gasteiger partial charge in [0, 0.05) is 29.1 Å². The van der Waals surface area contributed by atoms with Crippen LogP contribution in [0, 0.1) is 0 Å². The zero-order chi connectivity index (χ0) is 18.0. The highest BCUT2D eigenvalue weighted by molar-refractivity contribution is 9.10. The van der Waals surface area contributed by atoms with Crippen molar-refractivity contribution in [1.29, 1.82) is 0 Å². The van der Waals surface area contributed by atoms with Crippen LogP contribution in [0.1, 0.15) is 76.0 Å². The topological polar surface area (TPSA) is 54.6 Å². The Morgan fingerprint density at radius 3 is 2.80 bits per heavy atom. The van der Waals surface area contributed by atoms with Gasteiger partial charge in [0.25, 0.3) is 0 Å². The Bertz CT molecular complexity index is 757. The molecule has 1 fully saturated rings. The fraction of sp³-hybridized carbons (Fsp3) is 0.600. The largest absolute Gasteiger partial charge is 0.390 e. The number of Topliss-reactive ketones (excluding diaryl/α,β-unsaturated/α-hetero) is 1. The van der Waals surface area contributed by atoms with Crippen LogP contribution < -0.4 is 0 Å². The molecule has 1 aliphatic carbocycles. The molecule has 1 N–H and O–H groups in total. The van der Waals surface area contributed by atoms with Gasteiger partial charge in [-0.3, -0.25) is 4.79 Å². The summed E-state index contributed by atoms with van der Waals surface area (Å²) in [6.45, 7) is 3.37. The number of hydrogen-bond acceptors (Lipinski definition) is 3. The van der Waals surface area contributed by atoms with Crippen LogP contribution in [0.2, 0.25) is 0 Å². The minimum atomic E-state index is -0.899. The number of rotatable bonds is 8. The van der Waals surface area contributed by atoms with Crippen LogP contribution in [0.4, 0.5) is 0 Å². The van der Waals surface area contributed by atoms with Crippen molar-refractivity contribution in [3.05, 3.63) is 34.1 Å². The van der Waals surface area contributed by atoms with Crippen molar-refractivity contribution in [2.75, 3.05) is 0 Å². The van der Waals surface area contributed by atoms with Crippen LogP contribution in [0.25, 0.3) is 5.52 Å². The van der Waals surface area contributed by atoms with Crippen molar-refractivity contribution in [3.63, 3.8) is 0 Å². The standard InChI is InChI=1S/C20H27BrN2O2/c1-20(2,25)13-16(24)8-3-4-9-17-19(14-6-5-7-14)18-12-15(21)10-11-23(18)22-17/h10-12,14,25H,3-9,13H2,1-2H3. The van der Waals surface area contributed by atoms with Crippen molar-refractivity contribution in [2.24, 2.45) is 0 Å². The molecule has 2 heterocycles. The summed E-state index contributed by atoms with van der Waals surface area (Å²) in [6.07, 6.45) is 9.35. The molecule has 4 nitrogen and oxygen atoms in total. The summed E-state index contributed by atoms with van der Waals surface area (Å²) in [7, 11) is 0. The van der Waals surface area contributed by atoms with Gasteiger partial charge in [0.2, 0.25) is 0 Å². The van der Waals surface area contributed by atoms with Gasteiger partial charge in [-0.25, -0.2) is 4.52 Å². The minimum Gasteiger partial charge on any atom is -0.390 e. The van der Waals surface area contributed by atoms with Gasteiger partial charge in [0.15, 0.2) is 0 Å². The third kappa shape index (κ3) is 4.70. The molecule has 0 unspecified atom stereocenters. The number of aliphatic hydroxyl groups is 1. The lowest BCUT2D eigenvalue weighted by Crippen LogP contribution is -2.23. The number of carbonyl (C=O) groups is 1. The van der Waals surface area contributed by atoms with Crippen LogP contribution in [-0.2, 0) is 11.2 Å². The Balaban J connectivity index is 1.64. The number of aryl methyl sites for hydroxylation is 1. The lowest BCUT2D eigenvalue weighted by Gasteiger charge is -2.26. The van der Waals surface area contributed by atoms with Gasteiger partial charge in [0.1, 0.15) is 5.78 Å². The average molecular weight is 407 g/mol. The van der Waals surface area contributed by atoms with Gasteiger partial charge in [-0.15, -0.1) is 0 Å². The first-order chi connectivity index (χ1) is 11.8. The van der Waals surface area contributed by atoms with E-state index in [-0.39, 0.29) is 12.2 Å². The summed E-state index contributed by atoms with van der Waals surface area (Å²) in [4.78, 5) is 11.9. The van der Waals surface area contributed by atoms with Crippen molar-refractivity contribution >= 4 is 27.2 Å². The van der Waals surface area contributed by atoms with E-state index in [4.69, 9.17) is 5.10 Å². The Morgan fingerprint density at radius 2 is 2.16 bits per heavy atom. The lowest BCUT2D eigenvalue weighted by molar-refractivity contribution is -0.122. The Morgan fingerprint density at radius 1 is 1.40 bits per heavy atom. The Labute approximate surface area is 157 Å². The molecule has 1 saturated carbocycles. The molecule has 0 saturated heterocycles. The van der Waals surface area contributed by atoms with E-state index in [2.05, 4.69) is 22.0 Å². The number of fused-ring (bicyclic) bond motifs is 1. The number of ketones is 1. The molecule has 0 amide bonds. The quantitative estimate of drug-likeness (QED) is 0.639. The average Bonchev–Trinajstić information content (AvgIpc) is 2.78. The van der Waals surface area contributed by atoms with E-state index in [9.17, 15) is 9.90 Å². The molecule has 136 valence electrons. The molecule has 1 aliphatic rings. The SMILES string of the molecule is CC(C)(O)CC(=O)CCCCc1nn2ccc(Br)cc2c1C1CCC1. The van der Waals surface area contributed by atoms with E-state index in [0.717, 1.165) is 23.7 Å². The first-order valence-electron chi connectivity index (χ1n) is 9.24. The van der Waals surface area contributed by atoms with Crippen LogP contribution >= 0.6 is 15.9 Å². The molecule has 2 aromatic heterocycles. The van der Waals surface area contributed by atoms with E-state index in [1.54, 1.807) is 13.8 Å². The zero-order valence-corrected chi connectivity index (χ0v) is 16.7. The Kier molecular flexibility index (Phi) is 5.64. The number of halogens is 1. The molecule has 0 aliphatic heterocycles. The fourth-order valence-corrected chi connectivity index (χ4v) is 3.93. The summed E-state index contributed by atoms with van der Waals surface area (Å²) < 4.78 is 3.08. The van der Waals surface area contributed by atoms with Crippen molar-refractivity contribution < 1.29 is 9.90 Å². The van der Waals surface area contributed by atoms with E-state index < -0.39 is 5.60 Å². The van der Waals surface area contributed by atoms with Crippen LogP contribution in [0.3, 0.4) is 0 Å². The van der Waals surface area contributed by atoms with Crippen molar-refractivity contribution in [3.8, 4) is 0 Å². The van der Waals surface area contributed by atoms with E-state index >= 15 is 0 Å². The maximum absolute atomic E-state index is 11.9. The third-order valence-corrected chi connectivity index (χ3v) is 5.47. The maximum Gasteiger partial charge on any atom is 0.135 e. The van der Waals surface area contributed by atoms with Gasteiger partial charge >= 0.3 is 0 Å². The number of carbonyl (C=O) groups excluding carboxylic acids is 1. The summed E-state index contributed by atoms with van der Waals surface area (Å²) in [5.41, 5.74) is 2.92. The predicted octanol–water partition coefficient (Wildman–Crippen LogP) is 4.81. The monoisotopic (exact) mass is 406 g/mol. The second-order valence-corrected chi connectivity index (χ2v) is 8.81. The first-order valence-corrected chi connectivity index (χ1v) is 10.0. The molecule has 5 heteroatoms. The lowest BCUT2D eigenvalue weighted by atomic mass is 9.79. The van der Waals surface area contributed by atoms with Crippen LogP contribution in [0.15, 0.2) is 22.8 Å². The van der Waals surface area contributed by atoms with Gasteiger partial charge in [-0.05, 0) is 64.0 Å². The van der Waals surface area contributed by atoms with Gasteiger partial charge < -0.3 is 5.11 Å². The van der Waals surface area contributed by atoms with Crippen molar-refractivity contribution in [2.45, 2.75) is 76.7 Å². The zero-order valence-electron chi connectivity index (χ0n) is 15.1. The molecule has 2 aromatic rings. The molecule has 0 radical (unpaired) electrons. The highest BCUT2D eigenvalue weighted by atomic mass is 79.9. The highest BCUT2D eigenvalue weighted by Crippen LogP contribution is 2.41. The van der Waals surface area contributed by atoms with Gasteiger partial charge in [-0.1, -0.05) is 22.4 Å². The second kappa shape index (κ2) is 7.58. The third-order valence-electron chi connectivity index (χ3n) is 4.97. The predicted molar refractivity (Wildman–Crippen MR) is 103 cm³/mol. The van der Waals surface area contributed by atoms with Crippen LogP contribution in [-0.4, -0.2) is 26.1 Å². The smallest absolute Gasteiger partial charge is 0.135 e. The van der Waals surface area contributed by atoms with E-state index in [1.807, 2.05) is 16.8 Å². The van der Waals surface area contributed by atoms with Crippen molar-refractivity contribution in [1.82, 2.24) is 9.61 Å².